The van der Waals surface area contributed by atoms with Crippen LogP contribution in [0.5, 0.6) is 0 Å². The summed E-state index contributed by atoms with van der Waals surface area (Å²) in [5.74, 6) is -2.30. The van der Waals surface area contributed by atoms with Crippen molar-refractivity contribution in [3.8, 4) is 0 Å². The molecule has 0 amide bonds. The van der Waals surface area contributed by atoms with Crippen molar-refractivity contribution in [3.63, 3.8) is 0 Å². The molecule has 2 N–H and O–H groups in total. The number of hydrogen-bond donors (Lipinski definition) is 2. The highest BCUT2D eigenvalue weighted by molar-refractivity contribution is 5.85. The molecule has 10 nitrogen and oxygen atoms in total. The lowest BCUT2D eigenvalue weighted by molar-refractivity contribution is -0.216. The first-order valence-corrected chi connectivity index (χ1v) is 7.74. The van der Waals surface area contributed by atoms with Gasteiger partial charge in [0.1, 0.15) is 0 Å². The zero-order chi connectivity index (χ0) is 17.7. The zero-order valence-electron chi connectivity index (χ0n) is 13.8. The van der Waals surface area contributed by atoms with E-state index in [1.165, 1.54) is 0 Å². The zero-order valence-corrected chi connectivity index (χ0v) is 13.8. The van der Waals surface area contributed by atoms with Gasteiger partial charge in [0.2, 0.25) is 12.6 Å². The van der Waals surface area contributed by atoms with Gasteiger partial charge in [-0.15, -0.1) is 0 Å². The molecular weight excluding hydrogens is 324 g/mol. The van der Waals surface area contributed by atoms with E-state index in [1.54, 1.807) is 0 Å². The van der Waals surface area contributed by atoms with Crippen LogP contribution in [-0.2, 0) is 28.5 Å². The number of likely N-dealkylation sites (N-methyl/N-ethyl adjacent to an activating group) is 2. The van der Waals surface area contributed by atoms with E-state index in [2.05, 4.69) is 0 Å². The monoisotopic (exact) mass is 348 g/mol. The van der Waals surface area contributed by atoms with Gasteiger partial charge in [-0.1, -0.05) is 0 Å². The summed E-state index contributed by atoms with van der Waals surface area (Å²) in [5, 5.41) is 19.6. The molecule has 0 aromatic rings. The molecule has 10 heteroatoms. The van der Waals surface area contributed by atoms with Crippen LogP contribution in [0.1, 0.15) is 0 Å². The number of esters is 2. The molecule has 2 aliphatic rings. The van der Waals surface area contributed by atoms with E-state index >= 15 is 0 Å². The standard InChI is InChI=1S/C14H24N2O8/c1-15-3-5-21-9(7-15)23-13(19)11(17)12(18)14(20)24-10-8-16(2)4-6-22-10/h9-12,17-18H,3-8H2,1-2H3/t9?,10?,11-,12-/m0/s1. The SMILES string of the molecule is CN1CCOC(OC(=O)[C@@H](O)[C@H](O)C(=O)OC2CN(C)CCO2)C1. The molecular formula is C14H24N2O8. The van der Waals surface area contributed by atoms with Gasteiger partial charge in [0.15, 0.2) is 12.2 Å². The van der Waals surface area contributed by atoms with Gasteiger partial charge in [-0.3, -0.25) is 9.80 Å². The van der Waals surface area contributed by atoms with Crippen molar-refractivity contribution in [2.45, 2.75) is 24.8 Å². The maximum Gasteiger partial charge on any atom is 0.340 e. The first kappa shape index (κ1) is 19.0. The number of aliphatic hydroxyl groups excluding tert-OH is 2. The van der Waals surface area contributed by atoms with E-state index < -0.39 is 36.7 Å². The fourth-order valence-corrected chi connectivity index (χ4v) is 2.28. The Hall–Kier alpha value is -1.30. The molecule has 0 aliphatic carbocycles. The molecule has 0 saturated carbocycles. The van der Waals surface area contributed by atoms with Crippen molar-refractivity contribution in [1.82, 2.24) is 9.80 Å². The van der Waals surface area contributed by atoms with E-state index in [0.717, 1.165) is 0 Å². The lowest BCUT2D eigenvalue weighted by Gasteiger charge is -2.31. The third-order valence-electron chi connectivity index (χ3n) is 3.75. The van der Waals surface area contributed by atoms with Gasteiger partial charge in [-0.2, -0.15) is 0 Å². The quantitative estimate of drug-likeness (QED) is 0.511. The van der Waals surface area contributed by atoms with E-state index in [-0.39, 0.29) is 0 Å². The number of hydrogen-bond acceptors (Lipinski definition) is 10. The van der Waals surface area contributed by atoms with Crippen molar-refractivity contribution in [2.75, 3.05) is 53.5 Å². The predicted octanol–water partition coefficient (Wildman–Crippen LogP) is -2.63. The number of morpholine rings is 2. The van der Waals surface area contributed by atoms with Crippen LogP contribution in [0.25, 0.3) is 0 Å². The number of carbonyl (C=O) groups is 2. The number of rotatable bonds is 5. The molecule has 2 aliphatic heterocycles. The number of carbonyl (C=O) groups excluding carboxylic acids is 2. The van der Waals surface area contributed by atoms with Crippen molar-refractivity contribution in [1.29, 1.82) is 0 Å². The van der Waals surface area contributed by atoms with Crippen molar-refractivity contribution in [2.24, 2.45) is 0 Å². The molecule has 2 saturated heterocycles. The fourth-order valence-electron chi connectivity index (χ4n) is 2.28. The summed E-state index contributed by atoms with van der Waals surface area (Å²) in [6, 6.07) is 0. The molecule has 2 rings (SSSR count). The third kappa shape index (κ3) is 5.36. The van der Waals surface area contributed by atoms with Gasteiger partial charge in [-0.05, 0) is 14.1 Å². The molecule has 4 atom stereocenters. The summed E-state index contributed by atoms with van der Waals surface area (Å²) in [4.78, 5) is 27.4. The van der Waals surface area contributed by atoms with Crippen LogP contribution in [0, 0.1) is 0 Å². The molecule has 24 heavy (non-hydrogen) atoms. The maximum atomic E-state index is 11.8. The lowest BCUT2D eigenvalue weighted by atomic mass is 10.2. The first-order valence-electron chi connectivity index (χ1n) is 7.74. The van der Waals surface area contributed by atoms with Gasteiger partial charge in [0.05, 0.1) is 26.3 Å². The smallest absolute Gasteiger partial charge is 0.340 e. The second kappa shape index (κ2) is 8.70. The molecule has 0 aromatic carbocycles. The van der Waals surface area contributed by atoms with E-state index in [4.69, 9.17) is 18.9 Å². The van der Waals surface area contributed by atoms with Gasteiger partial charge in [0.25, 0.3) is 0 Å². The average Bonchev–Trinajstić information content (AvgIpc) is 2.53. The number of nitrogens with zero attached hydrogens (tertiary/aromatic N) is 2. The molecule has 0 spiro atoms. The number of ether oxygens (including phenoxy) is 4. The van der Waals surface area contributed by atoms with Crippen LogP contribution < -0.4 is 0 Å². The van der Waals surface area contributed by atoms with Crippen LogP contribution in [0.15, 0.2) is 0 Å². The fraction of sp³-hybridized carbons (Fsp3) is 0.857. The Morgan fingerprint density at radius 2 is 1.29 bits per heavy atom. The van der Waals surface area contributed by atoms with Crippen LogP contribution in [0.2, 0.25) is 0 Å². The maximum absolute atomic E-state index is 11.8. The third-order valence-corrected chi connectivity index (χ3v) is 3.75. The first-order chi connectivity index (χ1) is 11.4. The second-order valence-corrected chi connectivity index (χ2v) is 5.89. The molecule has 0 aromatic heterocycles. The Morgan fingerprint density at radius 1 is 0.917 bits per heavy atom. The molecule has 2 fully saturated rings. The van der Waals surface area contributed by atoms with Crippen LogP contribution >= 0.6 is 0 Å². The van der Waals surface area contributed by atoms with Gasteiger partial charge in [-0.25, -0.2) is 9.59 Å². The second-order valence-electron chi connectivity index (χ2n) is 5.89. The van der Waals surface area contributed by atoms with Crippen molar-refractivity contribution in [3.05, 3.63) is 0 Å². The average molecular weight is 348 g/mol. The molecule has 2 heterocycles. The summed E-state index contributed by atoms with van der Waals surface area (Å²) in [5.41, 5.74) is 0. The van der Waals surface area contributed by atoms with Crippen LogP contribution in [0.4, 0.5) is 0 Å². The highest BCUT2D eigenvalue weighted by Gasteiger charge is 2.36. The highest BCUT2D eigenvalue weighted by atomic mass is 16.7. The minimum absolute atomic E-state index is 0.335. The van der Waals surface area contributed by atoms with E-state index in [1.807, 2.05) is 23.9 Å². The summed E-state index contributed by atoms with van der Waals surface area (Å²) >= 11 is 0. The normalized spacial score (nSPS) is 28.8. The highest BCUT2D eigenvalue weighted by Crippen LogP contribution is 2.10. The Balaban J connectivity index is 1.80. The van der Waals surface area contributed by atoms with Crippen LogP contribution in [0.3, 0.4) is 0 Å². The summed E-state index contributed by atoms with van der Waals surface area (Å²) in [6.07, 6.45) is -5.83. The summed E-state index contributed by atoms with van der Waals surface area (Å²) < 4.78 is 20.3. The largest absolute Gasteiger partial charge is 0.432 e. The van der Waals surface area contributed by atoms with Crippen LogP contribution in [-0.4, -0.2) is 110 Å². The Kier molecular flexibility index (Phi) is 6.90. The molecule has 138 valence electrons. The summed E-state index contributed by atoms with van der Waals surface area (Å²) in [6.45, 7) is 2.81. The summed E-state index contributed by atoms with van der Waals surface area (Å²) in [7, 11) is 3.65. The molecule has 0 bridgehead atoms. The van der Waals surface area contributed by atoms with Crippen molar-refractivity contribution >= 4 is 11.9 Å². The Bertz CT molecular complexity index is 408. The Morgan fingerprint density at radius 3 is 1.62 bits per heavy atom. The van der Waals surface area contributed by atoms with Gasteiger partial charge < -0.3 is 29.2 Å². The van der Waals surface area contributed by atoms with E-state index in [0.29, 0.717) is 39.4 Å². The topological polar surface area (TPSA) is 118 Å². The predicted molar refractivity (Wildman–Crippen MR) is 78.7 cm³/mol. The van der Waals surface area contributed by atoms with Gasteiger partial charge in [0, 0.05) is 13.1 Å². The number of aliphatic hydroxyl groups is 2. The minimum Gasteiger partial charge on any atom is -0.432 e. The van der Waals surface area contributed by atoms with E-state index in [9.17, 15) is 19.8 Å². The lowest BCUT2D eigenvalue weighted by Crippen LogP contribution is -2.49. The van der Waals surface area contributed by atoms with Gasteiger partial charge >= 0.3 is 11.9 Å². The van der Waals surface area contributed by atoms with Crippen molar-refractivity contribution < 1.29 is 38.7 Å². The Labute approximate surface area is 139 Å². The molecule has 2 unspecified atom stereocenters. The minimum atomic E-state index is -2.06. The molecule has 0 radical (unpaired) electrons.